The highest BCUT2D eigenvalue weighted by atomic mass is 16.5. The number of esters is 1. The van der Waals surface area contributed by atoms with E-state index in [1.54, 1.807) is 36.5 Å². The Bertz CT molecular complexity index is 872. The number of aromatic nitrogens is 1. The summed E-state index contributed by atoms with van der Waals surface area (Å²) in [6.07, 6.45) is 4.98. The quantitative estimate of drug-likeness (QED) is 0.596. The summed E-state index contributed by atoms with van der Waals surface area (Å²) in [6.45, 7) is 4.27. The van der Waals surface area contributed by atoms with Gasteiger partial charge in [-0.3, -0.25) is 4.79 Å². The van der Waals surface area contributed by atoms with E-state index >= 15 is 0 Å². The second-order valence-electron chi connectivity index (χ2n) is 6.94. The van der Waals surface area contributed by atoms with E-state index in [0.717, 1.165) is 43.1 Å². The highest BCUT2D eigenvalue weighted by Gasteiger charge is 2.17. The lowest BCUT2D eigenvalue weighted by Crippen LogP contribution is -2.45. The molecule has 0 saturated carbocycles. The molecule has 0 atom stereocenters. The van der Waals surface area contributed by atoms with Crippen molar-refractivity contribution in [3.63, 3.8) is 0 Å². The molecule has 29 heavy (non-hydrogen) atoms. The first kappa shape index (κ1) is 20.5. The lowest BCUT2D eigenvalue weighted by Gasteiger charge is -2.34. The van der Waals surface area contributed by atoms with Crippen molar-refractivity contribution in [1.29, 1.82) is 0 Å². The van der Waals surface area contributed by atoms with Crippen LogP contribution in [0.5, 0.6) is 0 Å². The molecule has 1 fully saturated rings. The molecule has 2 aromatic rings. The smallest absolute Gasteiger partial charge is 0.337 e. The predicted octanol–water partition coefficient (Wildman–Crippen LogP) is 1.95. The number of carbonyl (C=O) groups excluding carboxylic acids is 2. The second-order valence-corrected chi connectivity index (χ2v) is 6.94. The number of hydrogen-bond acceptors (Lipinski definition) is 6. The molecule has 1 saturated heterocycles. The molecule has 1 amide bonds. The number of methoxy groups -OCH3 is 1. The number of amides is 1. The van der Waals surface area contributed by atoms with Gasteiger partial charge in [-0.15, -0.1) is 0 Å². The number of nitrogens with zero attached hydrogens (tertiary/aromatic N) is 3. The lowest BCUT2D eigenvalue weighted by molar-refractivity contribution is -0.116. The fourth-order valence-electron chi connectivity index (χ4n) is 3.13. The van der Waals surface area contributed by atoms with Gasteiger partial charge < -0.3 is 19.9 Å². The fourth-order valence-corrected chi connectivity index (χ4v) is 3.13. The summed E-state index contributed by atoms with van der Waals surface area (Å²) in [7, 11) is 3.46. The van der Waals surface area contributed by atoms with E-state index in [9.17, 15) is 9.59 Å². The summed E-state index contributed by atoms with van der Waals surface area (Å²) < 4.78 is 4.67. The number of benzene rings is 1. The first-order valence-electron chi connectivity index (χ1n) is 9.58. The van der Waals surface area contributed by atoms with E-state index in [-0.39, 0.29) is 11.9 Å². The van der Waals surface area contributed by atoms with Crippen molar-refractivity contribution in [2.24, 2.45) is 0 Å². The number of pyridine rings is 1. The minimum absolute atomic E-state index is 0.185. The van der Waals surface area contributed by atoms with Crippen LogP contribution in [0.4, 0.5) is 5.82 Å². The van der Waals surface area contributed by atoms with E-state index < -0.39 is 0 Å². The zero-order valence-electron chi connectivity index (χ0n) is 16.8. The van der Waals surface area contributed by atoms with Crippen LogP contribution in [0.3, 0.4) is 0 Å². The first-order chi connectivity index (χ1) is 14.1. The molecule has 0 unspecified atom stereocenters. The van der Waals surface area contributed by atoms with Gasteiger partial charge in [0.15, 0.2) is 0 Å². The average molecular weight is 394 g/mol. The van der Waals surface area contributed by atoms with Gasteiger partial charge in [-0.05, 0) is 36.9 Å². The van der Waals surface area contributed by atoms with Crippen molar-refractivity contribution >= 4 is 23.8 Å². The van der Waals surface area contributed by atoms with Gasteiger partial charge in [0, 0.05) is 50.6 Å². The normalized spacial score (nSPS) is 14.8. The number of carbonyl (C=O) groups is 2. The SMILES string of the molecule is COC(=O)c1ccc(/C=C/C(=O)NCc2cccnc2N2CCN(C)CC2)cc1. The summed E-state index contributed by atoms with van der Waals surface area (Å²) in [6, 6.07) is 10.8. The van der Waals surface area contributed by atoms with Gasteiger partial charge in [-0.1, -0.05) is 18.2 Å². The van der Waals surface area contributed by atoms with Crippen LogP contribution in [-0.4, -0.2) is 62.1 Å². The lowest BCUT2D eigenvalue weighted by atomic mass is 10.1. The standard InChI is InChI=1S/C22H26N4O3/c1-25-12-14-26(15-13-25)21-19(4-3-11-23-21)16-24-20(27)10-7-17-5-8-18(9-6-17)22(28)29-2/h3-11H,12-16H2,1-2H3,(H,24,27)/b10-7+. The second kappa shape index (κ2) is 9.84. The molecular formula is C22H26N4O3. The van der Waals surface area contributed by atoms with E-state index in [1.165, 1.54) is 13.2 Å². The topological polar surface area (TPSA) is 74.8 Å². The number of likely N-dealkylation sites (N-methyl/N-ethyl adjacent to an activating group) is 1. The van der Waals surface area contributed by atoms with Crippen molar-refractivity contribution in [3.8, 4) is 0 Å². The average Bonchev–Trinajstić information content (AvgIpc) is 2.77. The predicted molar refractivity (Wildman–Crippen MR) is 113 cm³/mol. The van der Waals surface area contributed by atoms with E-state index in [0.29, 0.717) is 12.1 Å². The Labute approximate surface area is 171 Å². The highest BCUT2D eigenvalue weighted by molar-refractivity contribution is 5.92. The Morgan fingerprint density at radius 1 is 1.14 bits per heavy atom. The van der Waals surface area contributed by atoms with Crippen LogP contribution < -0.4 is 10.2 Å². The third kappa shape index (κ3) is 5.65. The summed E-state index contributed by atoms with van der Waals surface area (Å²) in [5.74, 6) is 0.365. The van der Waals surface area contributed by atoms with Crippen molar-refractivity contribution in [2.75, 3.05) is 45.2 Å². The van der Waals surface area contributed by atoms with Gasteiger partial charge in [0.25, 0.3) is 0 Å². The Hall–Kier alpha value is -3.19. The largest absolute Gasteiger partial charge is 0.465 e. The molecule has 7 nitrogen and oxygen atoms in total. The molecule has 2 heterocycles. The molecule has 1 aromatic heterocycles. The zero-order valence-corrected chi connectivity index (χ0v) is 16.8. The van der Waals surface area contributed by atoms with Crippen LogP contribution >= 0.6 is 0 Å². The van der Waals surface area contributed by atoms with Crippen molar-refractivity contribution < 1.29 is 14.3 Å². The molecule has 0 spiro atoms. The minimum Gasteiger partial charge on any atom is -0.465 e. The number of rotatable bonds is 6. The molecular weight excluding hydrogens is 368 g/mol. The van der Waals surface area contributed by atoms with E-state index in [2.05, 4.69) is 31.9 Å². The highest BCUT2D eigenvalue weighted by Crippen LogP contribution is 2.18. The molecule has 3 rings (SSSR count). The third-order valence-corrected chi connectivity index (χ3v) is 4.88. The molecule has 152 valence electrons. The van der Waals surface area contributed by atoms with Crippen LogP contribution in [0.2, 0.25) is 0 Å². The molecule has 1 aliphatic heterocycles. The van der Waals surface area contributed by atoms with Crippen LogP contribution in [0, 0.1) is 0 Å². The Balaban J connectivity index is 1.57. The van der Waals surface area contributed by atoms with Gasteiger partial charge in [0.05, 0.1) is 12.7 Å². The molecule has 1 aliphatic rings. The molecule has 7 heteroatoms. The monoisotopic (exact) mass is 394 g/mol. The minimum atomic E-state index is -0.383. The molecule has 0 aliphatic carbocycles. The van der Waals surface area contributed by atoms with Gasteiger partial charge >= 0.3 is 5.97 Å². The Morgan fingerprint density at radius 3 is 2.55 bits per heavy atom. The summed E-state index contributed by atoms with van der Waals surface area (Å²) >= 11 is 0. The molecule has 1 N–H and O–H groups in total. The maximum Gasteiger partial charge on any atom is 0.337 e. The van der Waals surface area contributed by atoms with Crippen molar-refractivity contribution in [2.45, 2.75) is 6.54 Å². The summed E-state index contributed by atoms with van der Waals surface area (Å²) in [4.78, 5) is 32.8. The van der Waals surface area contributed by atoms with Crippen molar-refractivity contribution in [1.82, 2.24) is 15.2 Å². The van der Waals surface area contributed by atoms with Crippen LogP contribution in [0.15, 0.2) is 48.7 Å². The Kier molecular flexibility index (Phi) is 6.97. The van der Waals surface area contributed by atoms with E-state index in [4.69, 9.17) is 0 Å². The van der Waals surface area contributed by atoms with Gasteiger partial charge in [0.1, 0.15) is 5.82 Å². The molecule has 0 radical (unpaired) electrons. The summed E-state index contributed by atoms with van der Waals surface area (Å²) in [5, 5.41) is 2.92. The number of anilines is 1. The van der Waals surface area contributed by atoms with Gasteiger partial charge in [-0.2, -0.15) is 0 Å². The molecule has 1 aromatic carbocycles. The zero-order chi connectivity index (χ0) is 20.6. The maximum atomic E-state index is 12.2. The van der Waals surface area contributed by atoms with Gasteiger partial charge in [-0.25, -0.2) is 9.78 Å². The van der Waals surface area contributed by atoms with Gasteiger partial charge in [0.2, 0.25) is 5.91 Å². The third-order valence-electron chi connectivity index (χ3n) is 4.88. The van der Waals surface area contributed by atoms with Crippen molar-refractivity contribution in [3.05, 3.63) is 65.4 Å². The number of piperazine rings is 1. The first-order valence-corrected chi connectivity index (χ1v) is 9.58. The van der Waals surface area contributed by atoms with E-state index in [1.807, 2.05) is 12.1 Å². The maximum absolute atomic E-state index is 12.2. The Morgan fingerprint density at radius 2 is 1.86 bits per heavy atom. The number of ether oxygens (including phenoxy) is 1. The number of nitrogens with one attached hydrogen (secondary N) is 1. The molecule has 0 bridgehead atoms. The summed E-state index contributed by atoms with van der Waals surface area (Å²) in [5.41, 5.74) is 2.30. The van der Waals surface area contributed by atoms with Crippen LogP contribution in [-0.2, 0) is 16.1 Å². The number of hydrogen-bond donors (Lipinski definition) is 1. The fraction of sp³-hybridized carbons (Fsp3) is 0.318. The van der Waals surface area contributed by atoms with Crippen LogP contribution in [0.25, 0.3) is 6.08 Å². The van der Waals surface area contributed by atoms with Crippen LogP contribution in [0.1, 0.15) is 21.5 Å².